The second-order valence-electron chi connectivity index (χ2n) is 5.46. The summed E-state index contributed by atoms with van der Waals surface area (Å²) in [6.45, 7) is 9.95. The van der Waals surface area contributed by atoms with Gasteiger partial charge in [-0.05, 0) is 30.5 Å². The predicted molar refractivity (Wildman–Crippen MR) is 91.5 cm³/mol. The third-order valence-corrected chi connectivity index (χ3v) is 2.90. The van der Waals surface area contributed by atoms with E-state index in [1.165, 1.54) is 0 Å². The highest BCUT2D eigenvalue weighted by Crippen LogP contribution is 2.14. The highest BCUT2D eigenvalue weighted by Gasteiger charge is 2.00. The first-order chi connectivity index (χ1) is 10.7. The van der Waals surface area contributed by atoms with Crippen molar-refractivity contribution in [3.05, 3.63) is 29.8 Å². The number of aliphatic imine (C=N–C) groups is 1. The average Bonchev–Trinajstić information content (AvgIpc) is 2.51. The van der Waals surface area contributed by atoms with Crippen LogP contribution in [0.4, 0.5) is 0 Å². The lowest BCUT2D eigenvalue weighted by Gasteiger charge is -2.13. The van der Waals surface area contributed by atoms with Crippen LogP contribution < -0.4 is 15.4 Å². The fourth-order valence-corrected chi connectivity index (χ4v) is 1.79. The van der Waals surface area contributed by atoms with Crippen LogP contribution in [-0.4, -0.2) is 39.4 Å². The molecule has 0 heterocycles. The predicted octanol–water partition coefficient (Wildman–Crippen LogP) is 2.42. The average molecular weight is 307 g/mol. The Bertz CT molecular complexity index is 447. The molecule has 0 fully saturated rings. The summed E-state index contributed by atoms with van der Waals surface area (Å²) in [7, 11) is 1.67. The van der Waals surface area contributed by atoms with E-state index in [0.717, 1.165) is 30.4 Å². The molecule has 0 aliphatic carbocycles. The first kappa shape index (κ1) is 18.3. The van der Waals surface area contributed by atoms with Crippen molar-refractivity contribution in [2.75, 3.05) is 33.4 Å². The van der Waals surface area contributed by atoms with E-state index < -0.39 is 0 Å². The molecule has 5 nitrogen and oxygen atoms in total. The lowest BCUT2D eigenvalue weighted by molar-refractivity contribution is 0.146. The highest BCUT2D eigenvalue weighted by molar-refractivity contribution is 5.79. The zero-order valence-electron chi connectivity index (χ0n) is 14.2. The molecular weight excluding hydrogens is 278 g/mol. The minimum atomic E-state index is 0.557. The number of ether oxygens (including phenoxy) is 2. The highest BCUT2D eigenvalue weighted by atomic mass is 16.5. The van der Waals surface area contributed by atoms with Crippen molar-refractivity contribution in [2.45, 2.75) is 27.3 Å². The molecule has 1 rings (SSSR count). The van der Waals surface area contributed by atoms with Gasteiger partial charge in [0.1, 0.15) is 12.4 Å². The smallest absolute Gasteiger partial charge is 0.191 e. The zero-order chi connectivity index (χ0) is 16.2. The van der Waals surface area contributed by atoms with E-state index in [1.807, 2.05) is 18.2 Å². The summed E-state index contributed by atoms with van der Waals surface area (Å²) in [6.07, 6.45) is 0. The molecule has 0 radical (unpaired) electrons. The van der Waals surface area contributed by atoms with E-state index in [4.69, 9.17) is 9.47 Å². The second kappa shape index (κ2) is 10.9. The van der Waals surface area contributed by atoms with Gasteiger partial charge in [-0.1, -0.05) is 26.0 Å². The van der Waals surface area contributed by atoms with Crippen LogP contribution in [0.25, 0.3) is 0 Å². The molecule has 22 heavy (non-hydrogen) atoms. The summed E-state index contributed by atoms with van der Waals surface area (Å²) in [5.41, 5.74) is 1.12. The Labute approximate surface area is 134 Å². The Hall–Kier alpha value is -1.75. The SMILES string of the molecule is CCNC(=NCc1cccc(OCCOC)c1)NCC(C)C. The first-order valence-corrected chi connectivity index (χ1v) is 7.88. The van der Waals surface area contributed by atoms with Gasteiger partial charge in [-0.15, -0.1) is 0 Å². The van der Waals surface area contributed by atoms with Crippen LogP contribution in [0.15, 0.2) is 29.3 Å². The quantitative estimate of drug-likeness (QED) is 0.418. The van der Waals surface area contributed by atoms with Crippen molar-refractivity contribution >= 4 is 5.96 Å². The Kier molecular flexibility index (Phi) is 9.07. The fraction of sp³-hybridized carbons (Fsp3) is 0.588. The Morgan fingerprint density at radius 1 is 1.23 bits per heavy atom. The lowest BCUT2D eigenvalue weighted by Crippen LogP contribution is -2.39. The van der Waals surface area contributed by atoms with Crippen LogP contribution in [0.5, 0.6) is 5.75 Å². The number of hydrogen-bond acceptors (Lipinski definition) is 3. The van der Waals surface area contributed by atoms with Gasteiger partial charge in [-0.3, -0.25) is 0 Å². The molecule has 124 valence electrons. The van der Waals surface area contributed by atoms with Gasteiger partial charge < -0.3 is 20.1 Å². The molecule has 0 saturated carbocycles. The number of nitrogens with one attached hydrogen (secondary N) is 2. The van der Waals surface area contributed by atoms with Gasteiger partial charge in [0.25, 0.3) is 0 Å². The van der Waals surface area contributed by atoms with E-state index in [9.17, 15) is 0 Å². The molecule has 0 aliphatic heterocycles. The topological polar surface area (TPSA) is 54.9 Å². The number of guanidine groups is 1. The molecule has 5 heteroatoms. The number of rotatable bonds is 9. The normalized spacial score (nSPS) is 11.6. The van der Waals surface area contributed by atoms with Crippen molar-refractivity contribution in [1.29, 1.82) is 0 Å². The maximum atomic E-state index is 5.62. The number of methoxy groups -OCH3 is 1. The van der Waals surface area contributed by atoms with Crippen molar-refractivity contribution in [1.82, 2.24) is 10.6 Å². The molecule has 1 aromatic carbocycles. The molecule has 0 atom stereocenters. The minimum Gasteiger partial charge on any atom is -0.491 e. The monoisotopic (exact) mass is 307 g/mol. The summed E-state index contributed by atoms with van der Waals surface area (Å²) in [5.74, 6) is 2.29. The fourth-order valence-electron chi connectivity index (χ4n) is 1.79. The molecule has 0 amide bonds. The molecule has 1 aromatic rings. The number of benzene rings is 1. The van der Waals surface area contributed by atoms with Gasteiger partial charge in [0.15, 0.2) is 5.96 Å². The molecule has 0 spiro atoms. The molecule has 0 saturated heterocycles. The van der Waals surface area contributed by atoms with Crippen LogP contribution in [0.2, 0.25) is 0 Å². The van der Waals surface area contributed by atoms with Gasteiger partial charge in [0, 0.05) is 20.2 Å². The van der Waals surface area contributed by atoms with Crippen molar-refractivity contribution in [3.8, 4) is 5.75 Å². The lowest BCUT2D eigenvalue weighted by atomic mass is 10.2. The van der Waals surface area contributed by atoms with Gasteiger partial charge >= 0.3 is 0 Å². The van der Waals surface area contributed by atoms with Gasteiger partial charge in [-0.25, -0.2) is 4.99 Å². The third kappa shape index (κ3) is 7.88. The zero-order valence-corrected chi connectivity index (χ0v) is 14.2. The summed E-state index contributed by atoms with van der Waals surface area (Å²) in [6, 6.07) is 8.01. The summed E-state index contributed by atoms with van der Waals surface area (Å²) in [4.78, 5) is 4.61. The molecule has 2 N–H and O–H groups in total. The van der Waals surface area contributed by atoms with E-state index in [1.54, 1.807) is 7.11 Å². The Morgan fingerprint density at radius 2 is 2.05 bits per heavy atom. The van der Waals surface area contributed by atoms with Crippen LogP contribution >= 0.6 is 0 Å². The van der Waals surface area contributed by atoms with Gasteiger partial charge in [-0.2, -0.15) is 0 Å². The molecule has 0 unspecified atom stereocenters. The van der Waals surface area contributed by atoms with Gasteiger partial charge in [0.2, 0.25) is 0 Å². The molecular formula is C17H29N3O2. The van der Waals surface area contributed by atoms with E-state index in [-0.39, 0.29) is 0 Å². The standard InChI is InChI=1S/C17H29N3O2/c1-5-18-17(19-12-14(2)3)20-13-15-7-6-8-16(11-15)22-10-9-21-4/h6-8,11,14H,5,9-10,12-13H2,1-4H3,(H2,18,19,20). The van der Waals surface area contributed by atoms with E-state index in [2.05, 4.69) is 42.5 Å². The van der Waals surface area contributed by atoms with Crippen LogP contribution in [0, 0.1) is 5.92 Å². The maximum absolute atomic E-state index is 5.62. The van der Waals surface area contributed by atoms with Gasteiger partial charge in [0.05, 0.1) is 13.2 Å². The van der Waals surface area contributed by atoms with Crippen molar-refractivity contribution in [3.63, 3.8) is 0 Å². The molecule has 0 aliphatic rings. The second-order valence-corrected chi connectivity index (χ2v) is 5.46. The summed E-state index contributed by atoms with van der Waals surface area (Å²) in [5, 5.41) is 6.59. The Balaban J connectivity index is 2.58. The van der Waals surface area contributed by atoms with Crippen molar-refractivity contribution < 1.29 is 9.47 Å². The molecule has 0 aromatic heterocycles. The van der Waals surface area contributed by atoms with Crippen LogP contribution in [0.3, 0.4) is 0 Å². The van der Waals surface area contributed by atoms with Crippen LogP contribution in [-0.2, 0) is 11.3 Å². The maximum Gasteiger partial charge on any atom is 0.191 e. The number of nitrogens with zero attached hydrogens (tertiary/aromatic N) is 1. The van der Waals surface area contributed by atoms with Crippen molar-refractivity contribution in [2.24, 2.45) is 10.9 Å². The molecule has 0 bridgehead atoms. The largest absolute Gasteiger partial charge is 0.491 e. The third-order valence-electron chi connectivity index (χ3n) is 2.90. The van der Waals surface area contributed by atoms with Crippen LogP contribution in [0.1, 0.15) is 26.3 Å². The minimum absolute atomic E-state index is 0.557. The number of hydrogen-bond donors (Lipinski definition) is 2. The summed E-state index contributed by atoms with van der Waals surface area (Å²) < 4.78 is 10.6. The Morgan fingerprint density at radius 3 is 2.73 bits per heavy atom. The van der Waals surface area contributed by atoms with E-state index >= 15 is 0 Å². The first-order valence-electron chi connectivity index (χ1n) is 7.88. The van der Waals surface area contributed by atoms with E-state index in [0.29, 0.717) is 25.7 Å². The summed E-state index contributed by atoms with van der Waals surface area (Å²) >= 11 is 0.